The molecule has 144 valence electrons. The smallest absolute Gasteiger partial charge is 0.251 e. The van der Waals surface area contributed by atoms with Crippen LogP contribution in [0.4, 0.5) is 5.82 Å². The summed E-state index contributed by atoms with van der Waals surface area (Å²) in [5, 5.41) is 7.62. The van der Waals surface area contributed by atoms with Gasteiger partial charge in [-0.2, -0.15) is 4.98 Å². The van der Waals surface area contributed by atoms with E-state index in [1.54, 1.807) is 36.4 Å². The summed E-state index contributed by atoms with van der Waals surface area (Å²) in [6.45, 7) is 1.95. The fourth-order valence-electron chi connectivity index (χ4n) is 3.02. The number of nitrogens with one attached hydrogen (secondary N) is 1. The van der Waals surface area contributed by atoms with Crippen LogP contribution >= 0.6 is 23.2 Å². The van der Waals surface area contributed by atoms with Crippen molar-refractivity contribution in [1.82, 2.24) is 20.4 Å². The predicted octanol–water partition coefficient (Wildman–Crippen LogP) is 3.97. The number of amides is 1. The van der Waals surface area contributed by atoms with Gasteiger partial charge in [0.25, 0.3) is 5.91 Å². The van der Waals surface area contributed by atoms with Crippen LogP contribution in [0.1, 0.15) is 29.1 Å². The minimum atomic E-state index is -0.281. The van der Waals surface area contributed by atoms with Gasteiger partial charge in [0.1, 0.15) is 11.0 Å². The van der Waals surface area contributed by atoms with Crippen molar-refractivity contribution in [3.05, 3.63) is 58.0 Å². The Balaban J connectivity index is 1.42. The maximum atomic E-state index is 12.5. The highest BCUT2D eigenvalue weighted by molar-refractivity contribution is 6.30. The Hall–Kier alpha value is -2.64. The van der Waals surface area contributed by atoms with Gasteiger partial charge in [-0.25, -0.2) is 4.98 Å². The van der Waals surface area contributed by atoms with E-state index in [9.17, 15) is 4.79 Å². The molecule has 1 N–H and O–H groups in total. The van der Waals surface area contributed by atoms with Gasteiger partial charge in [0.15, 0.2) is 0 Å². The monoisotopic (exact) mass is 417 g/mol. The number of carbonyl (C=O) groups excluding carboxylic acids is 1. The standard InChI is InChI=1S/C19H17Cl2N5O2/c20-14-5-3-12(4-6-14)18-24-17(28-25-18)11-22-19(27)13-9-15(21)23-16(10-13)26-7-1-2-8-26/h3-6,9-10H,1-2,7-8,11H2,(H,22,27). The molecule has 1 saturated heterocycles. The van der Waals surface area contributed by atoms with E-state index in [2.05, 4.69) is 25.3 Å². The molecule has 1 fully saturated rings. The highest BCUT2D eigenvalue weighted by atomic mass is 35.5. The SMILES string of the molecule is O=C(NCc1nc(-c2ccc(Cl)cc2)no1)c1cc(Cl)nc(N2CCCC2)c1. The fraction of sp³-hybridized carbons (Fsp3) is 0.263. The van der Waals surface area contributed by atoms with Crippen LogP contribution < -0.4 is 10.2 Å². The number of aromatic nitrogens is 3. The molecule has 3 heterocycles. The zero-order valence-electron chi connectivity index (χ0n) is 14.9. The number of nitrogens with zero attached hydrogens (tertiary/aromatic N) is 4. The average Bonchev–Trinajstić information content (AvgIpc) is 3.38. The molecule has 0 bridgehead atoms. The number of benzene rings is 1. The molecule has 0 aliphatic carbocycles. The van der Waals surface area contributed by atoms with Crippen LogP contribution in [0, 0.1) is 0 Å². The van der Waals surface area contributed by atoms with Gasteiger partial charge in [-0.05, 0) is 49.2 Å². The topological polar surface area (TPSA) is 84.2 Å². The molecule has 1 aliphatic heterocycles. The van der Waals surface area contributed by atoms with E-state index in [-0.39, 0.29) is 17.6 Å². The summed E-state index contributed by atoms with van der Waals surface area (Å²) in [6.07, 6.45) is 2.23. The van der Waals surface area contributed by atoms with Gasteiger partial charge in [0.05, 0.1) is 6.54 Å². The van der Waals surface area contributed by atoms with E-state index in [0.717, 1.165) is 37.3 Å². The molecule has 1 amide bonds. The van der Waals surface area contributed by atoms with Gasteiger partial charge >= 0.3 is 0 Å². The van der Waals surface area contributed by atoms with Crippen molar-refractivity contribution in [3.63, 3.8) is 0 Å². The van der Waals surface area contributed by atoms with Crippen LogP contribution in [0.2, 0.25) is 10.2 Å². The summed E-state index contributed by atoms with van der Waals surface area (Å²) in [5.41, 5.74) is 1.22. The third kappa shape index (κ3) is 4.26. The minimum Gasteiger partial charge on any atom is -0.357 e. The van der Waals surface area contributed by atoms with Crippen molar-refractivity contribution in [2.75, 3.05) is 18.0 Å². The van der Waals surface area contributed by atoms with Crippen molar-refractivity contribution in [2.45, 2.75) is 19.4 Å². The molecule has 7 nitrogen and oxygen atoms in total. The second kappa shape index (κ2) is 8.16. The highest BCUT2D eigenvalue weighted by Crippen LogP contribution is 2.22. The molecule has 28 heavy (non-hydrogen) atoms. The predicted molar refractivity (Wildman–Crippen MR) is 107 cm³/mol. The second-order valence-corrected chi connectivity index (χ2v) is 7.26. The Morgan fingerprint density at radius 2 is 1.86 bits per heavy atom. The highest BCUT2D eigenvalue weighted by Gasteiger charge is 2.17. The number of hydrogen-bond donors (Lipinski definition) is 1. The molecule has 1 aliphatic rings. The third-order valence-corrected chi connectivity index (χ3v) is 4.89. The zero-order valence-corrected chi connectivity index (χ0v) is 16.4. The van der Waals surface area contributed by atoms with Crippen molar-refractivity contribution >= 4 is 34.9 Å². The van der Waals surface area contributed by atoms with Gasteiger partial charge in [0.2, 0.25) is 11.7 Å². The Kier molecular flexibility index (Phi) is 5.45. The number of halogens is 2. The van der Waals surface area contributed by atoms with Crippen molar-refractivity contribution in [1.29, 1.82) is 0 Å². The van der Waals surface area contributed by atoms with E-state index in [4.69, 9.17) is 27.7 Å². The molecule has 0 radical (unpaired) electrons. The normalized spacial score (nSPS) is 13.7. The summed E-state index contributed by atoms with van der Waals surface area (Å²) in [6, 6.07) is 10.4. The maximum absolute atomic E-state index is 12.5. The van der Waals surface area contributed by atoms with E-state index in [1.807, 2.05) is 0 Å². The van der Waals surface area contributed by atoms with Crippen LogP contribution in [0.15, 0.2) is 40.9 Å². The first-order chi connectivity index (χ1) is 13.6. The lowest BCUT2D eigenvalue weighted by Gasteiger charge is -2.17. The van der Waals surface area contributed by atoms with Crippen LogP contribution in [-0.2, 0) is 6.54 Å². The Morgan fingerprint density at radius 3 is 2.61 bits per heavy atom. The average molecular weight is 418 g/mol. The second-order valence-electron chi connectivity index (χ2n) is 6.43. The first-order valence-electron chi connectivity index (χ1n) is 8.88. The van der Waals surface area contributed by atoms with E-state index in [1.165, 1.54) is 0 Å². The molecule has 9 heteroatoms. The molecule has 0 unspecified atom stereocenters. The Labute approximate surface area is 171 Å². The molecule has 0 spiro atoms. The van der Waals surface area contributed by atoms with Gasteiger partial charge in [0, 0.05) is 29.2 Å². The molecule has 0 atom stereocenters. The molecule has 3 aromatic rings. The number of pyridine rings is 1. The Bertz CT molecular complexity index is 984. The lowest BCUT2D eigenvalue weighted by Crippen LogP contribution is -2.24. The number of hydrogen-bond acceptors (Lipinski definition) is 6. The largest absolute Gasteiger partial charge is 0.357 e. The van der Waals surface area contributed by atoms with Gasteiger partial charge in [-0.15, -0.1) is 0 Å². The lowest BCUT2D eigenvalue weighted by atomic mass is 10.2. The summed E-state index contributed by atoms with van der Waals surface area (Å²) < 4.78 is 5.21. The van der Waals surface area contributed by atoms with Crippen molar-refractivity contribution in [3.8, 4) is 11.4 Å². The van der Waals surface area contributed by atoms with Crippen LogP contribution in [0.5, 0.6) is 0 Å². The van der Waals surface area contributed by atoms with Crippen molar-refractivity contribution in [2.24, 2.45) is 0 Å². The maximum Gasteiger partial charge on any atom is 0.251 e. The molecule has 4 rings (SSSR count). The first-order valence-corrected chi connectivity index (χ1v) is 9.63. The lowest BCUT2D eigenvalue weighted by molar-refractivity contribution is 0.0946. The van der Waals surface area contributed by atoms with Gasteiger partial charge in [-0.1, -0.05) is 28.4 Å². The van der Waals surface area contributed by atoms with E-state index < -0.39 is 0 Å². The fourth-order valence-corrected chi connectivity index (χ4v) is 3.35. The molecular weight excluding hydrogens is 401 g/mol. The molecule has 2 aromatic heterocycles. The number of carbonyl (C=O) groups is 1. The number of rotatable bonds is 5. The molecule has 0 saturated carbocycles. The summed E-state index contributed by atoms with van der Waals surface area (Å²) in [7, 11) is 0. The quantitative estimate of drug-likeness (QED) is 0.632. The van der Waals surface area contributed by atoms with Crippen LogP contribution in [0.25, 0.3) is 11.4 Å². The number of anilines is 1. The Morgan fingerprint density at radius 1 is 1.11 bits per heavy atom. The van der Waals surface area contributed by atoms with Gasteiger partial charge in [-0.3, -0.25) is 4.79 Å². The molecule has 1 aromatic carbocycles. The summed E-state index contributed by atoms with van der Waals surface area (Å²) >= 11 is 12.0. The minimum absolute atomic E-state index is 0.110. The van der Waals surface area contributed by atoms with Gasteiger partial charge < -0.3 is 14.7 Å². The molecular formula is C19H17Cl2N5O2. The third-order valence-electron chi connectivity index (χ3n) is 4.44. The van der Waals surface area contributed by atoms with E-state index in [0.29, 0.717) is 22.3 Å². The zero-order chi connectivity index (χ0) is 19.5. The van der Waals surface area contributed by atoms with Crippen LogP contribution in [0.3, 0.4) is 0 Å². The first kappa shape index (κ1) is 18.7. The summed E-state index contributed by atoms with van der Waals surface area (Å²) in [4.78, 5) is 23.3. The summed E-state index contributed by atoms with van der Waals surface area (Å²) in [5.74, 6) is 1.18. The van der Waals surface area contributed by atoms with E-state index >= 15 is 0 Å². The van der Waals surface area contributed by atoms with Crippen molar-refractivity contribution < 1.29 is 9.32 Å². The van der Waals surface area contributed by atoms with Crippen LogP contribution in [-0.4, -0.2) is 34.1 Å².